The first kappa shape index (κ1) is 28.6. The van der Waals surface area contributed by atoms with Crippen molar-refractivity contribution in [1.82, 2.24) is 20.9 Å². The lowest BCUT2D eigenvalue weighted by molar-refractivity contribution is -0.129. The number of hydrogen-bond donors (Lipinski definition) is 5. The lowest BCUT2D eigenvalue weighted by Crippen LogP contribution is -2.63. The highest BCUT2D eigenvalue weighted by Crippen LogP contribution is 2.50. The van der Waals surface area contributed by atoms with Crippen molar-refractivity contribution in [2.24, 2.45) is 22.8 Å². The minimum absolute atomic E-state index is 0.0745. The largest absolute Gasteiger partial charge is 0.384 e. The first-order valence-electron chi connectivity index (χ1n) is 13.2. The predicted molar refractivity (Wildman–Crippen MR) is 140 cm³/mol. The molecule has 5 unspecified atom stereocenters. The van der Waals surface area contributed by atoms with E-state index in [1.165, 1.54) is 0 Å². The standard InChI is InChI=1S/C25H47ClN6O3/c1-4-7-25-8-5-17(26)18(14-25)30-19(15-25)22(23(27)28)24(33)31-20-16-29-9-6-21(20)35-13-12-34-11-10-32(2)3/h19-23,29-30H,4-16,27-28H2,1-3H3,(H,31,33). The van der Waals surface area contributed by atoms with Gasteiger partial charge in [0.25, 0.3) is 0 Å². The third-order valence-electron chi connectivity index (χ3n) is 7.69. The molecule has 2 saturated heterocycles. The van der Waals surface area contributed by atoms with Crippen LogP contribution in [0, 0.1) is 11.3 Å². The number of carbonyl (C=O) groups excluding carboxylic acids is 1. The molecule has 2 aliphatic heterocycles. The van der Waals surface area contributed by atoms with Gasteiger partial charge < -0.3 is 41.8 Å². The van der Waals surface area contributed by atoms with Gasteiger partial charge in [0.15, 0.2) is 0 Å². The lowest BCUT2D eigenvalue weighted by atomic mass is 9.64. The number of hydrogen-bond acceptors (Lipinski definition) is 8. The Labute approximate surface area is 216 Å². The zero-order chi connectivity index (χ0) is 25.4. The van der Waals surface area contributed by atoms with Gasteiger partial charge in [-0.2, -0.15) is 0 Å². The van der Waals surface area contributed by atoms with Crippen molar-refractivity contribution in [2.45, 2.75) is 76.2 Å². The van der Waals surface area contributed by atoms with Gasteiger partial charge in [-0.05, 0) is 64.6 Å². The van der Waals surface area contributed by atoms with Gasteiger partial charge in [0.2, 0.25) is 5.91 Å². The third-order valence-corrected chi connectivity index (χ3v) is 8.10. The van der Waals surface area contributed by atoms with Crippen LogP contribution in [0.15, 0.2) is 10.7 Å². The summed E-state index contributed by atoms with van der Waals surface area (Å²) in [6, 6.07) is -0.282. The summed E-state index contributed by atoms with van der Waals surface area (Å²) in [5.74, 6) is -0.675. The van der Waals surface area contributed by atoms with Crippen LogP contribution in [0.5, 0.6) is 0 Å². The van der Waals surface area contributed by atoms with E-state index in [4.69, 9.17) is 32.5 Å². The summed E-state index contributed by atoms with van der Waals surface area (Å²) in [7, 11) is 4.04. The van der Waals surface area contributed by atoms with Crippen LogP contribution in [0.1, 0.15) is 51.9 Å². The molecule has 2 bridgehead atoms. The van der Waals surface area contributed by atoms with Crippen LogP contribution >= 0.6 is 11.6 Å². The minimum atomic E-state index is -0.773. The topological polar surface area (TPSA) is 127 Å². The van der Waals surface area contributed by atoms with E-state index in [1.807, 2.05) is 14.1 Å². The van der Waals surface area contributed by atoms with E-state index in [-0.39, 0.29) is 29.5 Å². The molecule has 0 radical (unpaired) electrons. The van der Waals surface area contributed by atoms with Crippen molar-refractivity contribution in [2.75, 3.05) is 53.6 Å². The van der Waals surface area contributed by atoms with E-state index >= 15 is 0 Å². The summed E-state index contributed by atoms with van der Waals surface area (Å²) in [4.78, 5) is 15.7. The molecule has 5 atom stereocenters. The Kier molecular flexibility index (Phi) is 11.1. The van der Waals surface area contributed by atoms with Gasteiger partial charge in [-0.3, -0.25) is 4.79 Å². The van der Waals surface area contributed by atoms with Crippen LogP contribution in [0.2, 0.25) is 0 Å². The van der Waals surface area contributed by atoms with Crippen molar-refractivity contribution in [1.29, 1.82) is 0 Å². The van der Waals surface area contributed by atoms with Crippen LogP contribution in [-0.2, 0) is 14.3 Å². The number of piperidine rings is 2. The fourth-order valence-electron chi connectivity index (χ4n) is 5.88. The predicted octanol–water partition coefficient (Wildman–Crippen LogP) is 1.07. The maximum atomic E-state index is 13.6. The number of fused-ring (bicyclic) bond motifs is 2. The summed E-state index contributed by atoms with van der Waals surface area (Å²) >= 11 is 6.56. The molecule has 35 heavy (non-hydrogen) atoms. The number of amides is 1. The van der Waals surface area contributed by atoms with E-state index in [1.54, 1.807) is 0 Å². The van der Waals surface area contributed by atoms with E-state index in [0.717, 1.165) is 68.8 Å². The molecule has 0 spiro atoms. The Balaban J connectivity index is 1.60. The molecule has 3 rings (SSSR count). The molecule has 7 N–H and O–H groups in total. The molecule has 2 heterocycles. The third kappa shape index (κ3) is 8.02. The number of carbonyl (C=O) groups is 1. The highest BCUT2D eigenvalue weighted by molar-refractivity contribution is 6.30. The van der Waals surface area contributed by atoms with Gasteiger partial charge in [0.05, 0.1) is 44.1 Å². The van der Waals surface area contributed by atoms with E-state index in [2.05, 4.69) is 27.8 Å². The summed E-state index contributed by atoms with van der Waals surface area (Å²) in [5, 5.41) is 11.0. The van der Waals surface area contributed by atoms with Gasteiger partial charge in [-0.1, -0.05) is 24.9 Å². The first-order valence-corrected chi connectivity index (χ1v) is 13.6. The van der Waals surface area contributed by atoms with Gasteiger partial charge in [0.1, 0.15) is 0 Å². The number of nitrogens with one attached hydrogen (secondary N) is 3. The van der Waals surface area contributed by atoms with Crippen LogP contribution in [0.4, 0.5) is 0 Å². The maximum absolute atomic E-state index is 13.6. The molecule has 10 heteroatoms. The summed E-state index contributed by atoms with van der Waals surface area (Å²) in [5.41, 5.74) is 13.7. The Morgan fingerprint density at radius 2 is 2.11 bits per heavy atom. The number of ether oxygens (including phenoxy) is 2. The molecular formula is C25H47ClN6O3. The molecule has 0 aromatic heterocycles. The molecule has 0 aromatic carbocycles. The van der Waals surface area contributed by atoms with Crippen molar-refractivity contribution >= 4 is 17.5 Å². The maximum Gasteiger partial charge on any atom is 0.228 e. The second-order valence-corrected chi connectivity index (χ2v) is 11.3. The quantitative estimate of drug-likeness (QED) is 0.182. The van der Waals surface area contributed by atoms with Crippen molar-refractivity contribution in [3.8, 4) is 0 Å². The van der Waals surface area contributed by atoms with Crippen molar-refractivity contribution < 1.29 is 14.3 Å². The highest BCUT2D eigenvalue weighted by atomic mass is 35.5. The van der Waals surface area contributed by atoms with Gasteiger partial charge in [-0.15, -0.1) is 0 Å². The Morgan fingerprint density at radius 3 is 2.83 bits per heavy atom. The fourth-order valence-corrected chi connectivity index (χ4v) is 6.10. The zero-order valence-corrected chi connectivity index (χ0v) is 22.5. The molecule has 3 aliphatic rings. The average Bonchev–Trinajstić information content (AvgIpc) is 2.80. The van der Waals surface area contributed by atoms with Crippen molar-refractivity contribution in [3.05, 3.63) is 10.7 Å². The van der Waals surface area contributed by atoms with Crippen LogP contribution in [0.25, 0.3) is 0 Å². The summed E-state index contributed by atoms with van der Waals surface area (Å²) in [6.45, 7) is 6.31. The molecule has 9 nitrogen and oxygen atoms in total. The molecule has 202 valence electrons. The average molecular weight is 515 g/mol. The molecule has 1 aliphatic carbocycles. The van der Waals surface area contributed by atoms with Gasteiger partial charge >= 0.3 is 0 Å². The monoisotopic (exact) mass is 514 g/mol. The second kappa shape index (κ2) is 13.6. The number of nitrogens with two attached hydrogens (primary N) is 2. The molecule has 0 saturated carbocycles. The normalized spacial score (nSPS) is 29.9. The van der Waals surface area contributed by atoms with E-state index in [0.29, 0.717) is 26.4 Å². The second-order valence-electron chi connectivity index (χ2n) is 10.8. The number of nitrogens with zero attached hydrogens (tertiary/aromatic N) is 1. The van der Waals surface area contributed by atoms with Crippen LogP contribution in [-0.4, -0.2) is 88.7 Å². The SMILES string of the molecule is CCCC12CCC(Cl)=C(C1)NC(C(C(=O)NC1CNCCC1OCCOCCN(C)C)C(N)N)C2. The minimum Gasteiger partial charge on any atom is -0.384 e. The van der Waals surface area contributed by atoms with Gasteiger partial charge in [-0.25, -0.2) is 0 Å². The van der Waals surface area contributed by atoms with E-state index < -0.39 is 12.1 Å². The lowest BCUT2D eigenvalue weighted by Gasteiger charge is -2.49. The Hall–Kier alpha value is -0.940. The molecular weight excluding hydrogens is 468 g/mol. The Bertz CT molecular complexity index is 721. The fraction of sp³-hybridized carbons (Fsp3) is 0.880. The smallest absolute Gasteiger partial charge is 0.228 e. The molecule has 1 amide bonds. The number of allylic oxidation sites excluding steroid dienone is 2. The number of rotatable bonds is 13. The van der Waals surface area contributed by atoms with Gasteiger partial charge in [0, 0.05) is 29.9 Å². The highest BCUT2D eigenvalue weighted by Gasteiger charge is 2.46. The van der Waals surface area contributed by atoms with E-state index in [9.17, 15) is 4.79 Å². The number of likely N-dealkylation sites (N-methyl/N-ethyl adjacent to an activating group) is 1. The number of halogens is 1. The van der Waals surface area contributed by atoms with Crippen LogP contribution in [0.3, 0.4) is 0 Å². The molecule has 0 aromatic rings. The summed E-state index contributed by atoms with van der Waals surface area (Å²) in [6.07, 6.45) is 5.98. The van der Waals surface area contributed by atoms with Crippen molar-refractivity contribution in [3.63, 3.8) is 0 Å². The van der Waals surface area contributed by atoms with Crippen LogP contribution < -0.4 is 27.4 Å². The molecule has 2 fully saturated rings. The zero-order valence-electron chi connectivity index (χ0n) is 21.8. The summed E-state index contributed by atoms with van der Waals surface area (Å²) < 4.78 is 11.8. The Morgan fingerprint density at radius 1 is 1.31 bits per heavy atom. The first-order chi connectivity index (χ1) is 16.7.